The van der Waals surface area contributed by atoms with Crippen molar-refractivity contribution in [1.82, 2.24) is 20.6 Å². The Morgan fingerprint density at radius 2 is 1.18 bits per heavy atom. The summed E-state index contributed by atoms with van der Waals surface area (Å²) < 4.78 is 25.3. The lowest BCUT2D eigenvalue weighted by Gasteiger charge is -2.41. The number of nitriles is 2. The molecule has 378 valence electrons. The van der Waals surface area contributed by atoms with Gasteiger partial charge in [-0.3, -0.25) is 9.97 Å². The molecule has 73 heavy (non-hydrogen) atoms. The van der Waals surface area contributed by atoms with Gasteiger partial charge in [-0.2, -0.15) is 10.5 Å². The molecule has 1 aliphatic rings. The molecule has 6 N–H and O–H groups in total. The number of carbonyl (C=O) groups is 2. The van der Waals surface area contributed by atoms with Crippen molar-refractivity contribution < 1.29 is 49.0 Å². The molecule has 6 aromatic rings. The smallest absolute Gasteiger partial charge is 0.335 e. The fourth-order valence-electron chi connectivity index (χ4n) is 8.44. The van der Waals surface area contributed by atoms with Gasteiger partial charge in [0.25, 0.3) is 0 Å². The van der Waals surface area contributed by atoms with Crippen molar-refractivity contribution >= 4 is 35.1 Å². The molecule has 16 nitrogen and oxygen atoms in total. The van der Waals surface area contributed by atoms with Gasteiger partial charge in [-0.1, -0.05) is 59.6 Å². The van der Waals surface area contributed by atoms with Gasteiger partial charge < -0.3 is 50.0 Å². The van der Waals surface area contributed by atoms with E-state index in [2.05, 4.69) is 32.7 Å². The lowest BCUT2D eigenvalue weighted by molar-refractivity contribution is -0.180. The number of ether oxygens (including phenoxy) is 4. The molecule has 1 fully saturated rings. The molecule has 2 aromatic heterocycles. The van der Waals surface area contributed by atoms with Crippen LogP contribution in [0.1, 0.15) is 81.3 Å². The Kier molecular flexibility index (Phi) is 18.3. The molecule has 3 atom stereocenters. The van der Waals surface area contributed by atoms with E-state index in [1.807, 2.05) is 50.2 Å². The second-order valence-corrected chi connectivity index (χ2v) is 18.6. The molecule has 2 heterocycles. The number of carboxylic acids is 2. The van der Waals surface area contributed by atoms with E-state index in [0.717, 1.165) is 38.9 Å². The van der Waals surface area contributed by atoms with Gasteiger partial charge in [-0.05, 0) is 116 Å². The third-order valence-corrected chi connectivity index (χ3v) is 13.5. The summed E-state index contributed by atoms with van der Waals surface area (Å²) in [4.78, 5) is 31.0. The third kappa shape index (κ3) is 13.6. The summed E-state index contributed by atoms with van der Waals surface area (Å²) in [6.45, 7) is 5.89. The first kappa shape index (κ1) is 53.5. The van der Waals surface area contributed by atoms with Crippen molar-refractivity contribution in [1.29, 1.82) is 10.5 Å². The van der Waals surface area contributed by atoms with Crippen LogP contribution in [0.25, 0.3) is 11.1 Å². The molecule has 18 heteroatoms. The maximum atomic E-state index is 11.6. The topological polar surface area (TPSA) is 249 Å². The highest BCUT2D eigenvalue weighted by atomic mass is 35.5. The van der Waals surface area contributed by atoms with Crippen molar-refractivity contribution in [2.75, 3.05) is 13.1 Å². The molecule has 0 amide bonds. The Bertz CT molecular complexity index is 3050. The number of aromatic nitrogens is 2. The van der Waals surface area contributed by atoms with E-state index >= 15 is 0 Å². The fraction of sp³-hybridized carbons (Fsp3) is 0.309. The van der Waals surface area contributed by atoms with Crippen LogP contribution in [0.15, 0.2) is 97.6 Å². The average molecular weight is 1030 g/mol. The zero-order valence-electron chi connectivity index (χ0n) is 40.2. The van der Waals surface area contributed by atoms with E-state index in [9.17, 15) is 35.4 Å². The van der Waals surface area contributed by atoms with Crippen molar-refractivity contribution in [3.63, 3.8) is 0 Å². The monoisotopic (exact) mass is 1030 g/mol. The van der Waals surface area contributed by atoms with Gasteiger partial charge in [0, 0.05) is 72.3 Å². The molecule has 0 saturated heterocycles. The normalized spacial score (nSPS) is 15.3. The molecule has 4 aromatic carbocycles. The van der Waals surface area contributed by atoms with Crippen molar-refractivity contribution in [3.05, 3.63) is 163 Å². The van der Waals surface area contributed by atoms with Gasteiger partial charge in [0.05, 0.1) is 21.2 Å². The van der Waals surface area contributed by atoms with Crippen molar-refractivity contribution in [2.24, 2.45) is 5.92 Å². The van der Waals surface area contributed by atoms with Gasteiger partial charge >= 0.3 is 11.9 Å². The number of benzene rings is 4. The second-order valence-electron chi connectivity index (χ2n) is 17.8. The number of pyridine rings is 2. The SMILES string of the molecule is Cc1c(COc2cc(OCc3cncc(C#N)c3)c(CNCCC3CC[C@]3(O)C(=O)O)cc2Cl)cccc1-c1cccc(COc2cc(OCc3cncc(C#N)c3)c(CNCC[C@H](O)C(=O)O)cc2Cl)c1C. The van der Waals surface area contributed by atoms with Crippen molar-refractivity contribution in [3.8, 4) is 46.3 Å². The van der Waals surface area contributed by atoms with Gasteiger partial charge in [0.2, 0.25) is 0 Å². The average Bonchev–Trinajstić information content (AvgIpc) is 3.38. The Morgan fingerprint density at radius 1 is 0.699 bits per heavy atom. The van der Waals surface area contributed by atoms with E-state index in [4.69, 9.17) is 47.3 Å². The highest BCUT2D eigenvalue weighted by Crippen LogP contribution is 2.41. The number of hydrogen-bond acceptors (Lipinski definition) is 14. The Morgan fingerprint density at radius 3 is 1.62 bits per heavy atom. The molecule has 1 unspecified atom stereocenters. The van der Waals surface area contributed by atoms with Gasteiger partial charge in [0.15, 0.2) is 11.7 Å². The number of rotatable bonds is 25. The van der Waals surface area contributed by atoms with E-state index in [0.29, 0.717) is 86.8 Å². The molecular formula is C55H54Cl2N6O10. The number of halogens is 2. The molecule has 1 aliphatic carbocycles. The van der Waals surface area contributed by atoms with Crippen LogP contribution in [0.2, 0.25) is 10.0 Å². The number of aliphatic carboxylic acids is 2. The summed E-state index contributed by atoms with van der Waals surface area (Å²) in [5, 5.41) is 64.6. The molecular weight excluding hydrogens is 976 g/mol. The molecule has 0 radical (unpaired) electrons. The standard InChI is InChI=1S/C55H54Cl2N6O10/c1-33-39(31-72-51-19-49(70-29-37-15-35(21-58)23-62-25-37)41(17-46(51)56)27-60-13-10-43-9-12-55(43,69)54(67)68)5-3-7-44(33)45-8-4-6-40(34(45)2)32-73-52-20-50(71-30-38-16-36(22-59)24-63-26-38)42(18-47(52)57)28-61-14-11-48(64)53(65)66/h3-8,15-20,23-26,43,48,60-61,64,69H,9-14,27-32H2,1-2H3,(H,65,66)(H,67,68)/t43?,48-,55+/m0/s1. The summed E-state index contributed by atoms with van der Waals surface area (Å²) in [5.41, 5.74) is 7.65. The van der Waals surface area contributed by atoms with Crippen LogP contribution < -0.4 is 29.6 Å². The minimum Gasteiger partial charge on any atom is -0.488 e. The lowest BCUT2D eigenvalue weighted by atomic mass is 9.68. The first-order valence-corrected chi connectivity index (χ1v) is 24.2. The molecule has 1 saturated carbocycles. The van der Waals surface area contributed by atoms with Crippen LogP contribution in [0, 0.1) is 42.4 Å². The summed E-state index contributed by atoms with van der Waals surface area (Å²) in [6, 6.07) is 26.5. The maximum absolute atomic E-state index is 11.6. The molecule has 0 bridgehead atoms. The second kappa shape index (κ2) is 24.9. The minimum absolute atomic E-state index is 0.000687. The van der Waals surface area contributed by atoms with Gasteiger partial charge in [-0.15, -0.1) is 0 Å². The predicted molar refractivity (Wildman–Crippen MR) is 271 cm³/mol. The molecule has 0 spiro atoms. The zero-order chi connectivity index (χ0) is 52.1. The van der Waals surface area contributed by atoms with Crippen LogP contribution in [0.4, 0.5) is 0 Å². The van der Waals surface area contributed by atoms with Crippen LogP contribution in [0.5, 0.6) is 23.0 Å². The largest absolute Gasteiger partial charge is 0.488 e. The third-order valence-electron chi connectivity index (χ3n) is 12.9. The number of hydrogen-bond donors (Lipinski definition) is 6. The highest BCUT2D eigenvalue weighted by molar-refractivity contribution is 6.32. The zero-order valence-corrected chi connectivity index (χ0v) is 41.7. The van der Waals surface area contributed by atoms with E-state index in [1.54, 1.807) is 48.8 Å². The van der Waals surface area contributed by atoms with E-state index in [-0.39, 0.29) is 58.3 Å². The number of nitrogens with zero attached hydrogens (tertiary/aromatic N) is 4. The first-order valence-electron chi connectivity index (χ1n) is 23.5. The van der Waals surface area contributed by atoms with Gasteiger partial charge in [0.1, 0.15) is 61.6 Å². The number of aliphatic hydroxyl groups is 2. The number of aliphatic hydroxyl groups excluding tert-OH is 1. The van der Waals surface area contributed by atoms with Crippen LogP contribution in [-0.4, -0.2) is 67.1 Å². The molecule has 7 rings (SSSR count). The fourth-order valence-corrected chi connectivity index (χ4v) is 8.92. The van der Waals surface area contributed by atoms with Gasteiger partial charge in [-0.25, -0.2) is 9.59 Å². The Hall–Kier alpha value is -7.28. The summed E-state index contributed by atoms with van der Waals surface area (Å²) in [7, 11) is 0. The summed E-state index contributed by atoms with van der Waals surface area (Å²) in [5.74, 6) is -1.14. The van der Waals surface area contributed by atoms with Crippen LogP contribution in [-0.2, 0) is 49.1 Å². The van der Waals surface area contributed by atoms with E-state index in [1.165, 1.54) is 12.4 Å². The number of carboxylic acid groups (broad SMARTS) is 2. The maximum Gasteiger partial charge on any atom is 0.335 e. The lowest BCUT2D eigenvalue weighted by Crippen LogP contribution is -2.54. The highest BCUT2D eigenvalue weighted by Gasteiger charge is 2.51. The Balaban J connectivity index is 1.05. The quantitative estimate of drug-likeness (QED) is 0.0293. The minimum atomic E-state index is -1.69. The van der Waals surface area contributed by atoms with Crippen LogP contribution in [0.3, 0.4) is 0 Å². The van der Waals surface area contributed by atoms with Crippen LogP contribution >= 0.6 is 23.2 Å². The summed E-state index contributed by atoms with van der Waals surface area (Å²) >= 11 is 13.7. The van der Waals surface area contributed by atoms with E-state index < -0.39 is 23.6 Å². The first-order chi connectivity index (χ1) is 35.2. The predicted octanol–water partition coefficient (Wildman–Crippen LogP) is 8.76. The molecule has 0 aliphatic heterocycles. The number of nitrogens with one attached hydrogen (secondary N) is 2. The Labute approximate surface area is 432 Å². The van der Waals surface area contributed by atoms with Crippen molar-refractivity contribution in [2.45, 2.75) is 90.8 Å². The summed E-state index contributed by atoms with van der Waals surface area (Å²) in [6.07, 6.45) is 6.02.